The van der Waals surface area contributed by atoms with Gasteiger partial charge in [-0.05, 0) is 82.9 Å². The molecule has 0 spiro atoms. The maximum absolute atomic E-state index is 11.2. The average Bonchev–Trinajstić information content (AvgIpc) is 3.44. The van der Waals surface area contributed by atoms with Crippen LogP contribution in [0.5, 0.6) is 0 Å². The fraction of sp³-hybridized carbons (Fsp3) is 0.0667. The Morgan fingerprint density at radius 2 is 1.00 bits per heavy atom. The van der Waals surface area contributed by atoms with Gasteiger partial charge in [-0.15, -0.1) is 0 Å². The third-order valence-electron chi connectivity index (χ3n) is 6.32. The van der Waals surface area contributed by atoms with E-state index in [0.29, 0.717) is 34.8 Å². The quantitative estimate of drug-likeness (QED) is 0.267. The molecule has 0 radical (unpaired) electrons. The standard InChI is InChI=1S/2C15H12ClN3O/c2*16-15-18-12-6-1-2-7-13(12)19(15)9-10-4-3-5-11(8-10)14(17)20/h2*1-8H,9H2,(H2,17,20). The van der Waals surface area contributed by atoms with Crippen molar-refractivity contribution in [2.45, 2.75) is 13.1 Å². The molecule has 0 unspecified atom stereocenters. The molecule has 200 valence electrons. The van der Waals surface area contributed by atoms with E-state index in [9.17, 15) is 9.59 Å². The number of para-hydroxylation sites is 4. The van der Waals surface area contributed by atoms with E-state index in [2.05, 4.69) is 9.97 Å². The predicted molar refractivity (Wildman–Crippen MR) is 158 cm³/mol. The first-order valence-electron chi connectivity index (χ1n) is 12.3. The molecule has 0 saturated carbocycles. The van der Waals surface area contributed by atoms with Gasteiger partial charge in [0.25, 0.3) is 0 Å². The van der Waals surface area contributed by atoms with Crippen molar-refractivity contribution in [3.63, 3.8) is 0 Å². The Labute approximate surface area is 239 Å². The fourth-order valence-corrected chi connectivity index (χ4v) is 4.89. The van der Waals surface area contributed by atoms with Gasteiger partial charge in [-0.1, -0.05) is 48.5 Å². The summed E-state index contributed by atoms with van der Waals surface area (Å²) < 4.78 is 3.80. The fourth-order valence-electron chi connectivity index (χ4n) is 4.40. The minimum atomic E-state index is -0.437. The summed E-state index contributed by atoms with van der Waals surface area (Å²) in [5, 5.41) is 0.853. The van der Waals surface area contributed by atoms with Crippen LogP contribution in [0.15, 0.2) is 97.1 Å². The first kappa shape index (κ1) is 26.9. The zero-order valence-corrected chi connectivity index (χ0v) is 22.7. The van der Waals surface area contributed by atoms with Gasteiger partial charge in [0.2, 0.25) is 22.4 Å². The first-order chi connectivity index (χ1) is 19.3. The summed E-state index contributed by atoms with van der Waals surface area (Å²) >= 11 is 12.4. The highest BCUT2D eigenvalue weighted by atomic mass is 35.5. The second-order valence-corrected chi connectivity index (χ2v) is 9.72. The maximum Gasteiger partial charge on any atom is 0.248 e. The van der Waals surface area contributed by atoms with E-state index in [-0.39, 0.29) is 0 Å². The summed E-state index contributed by atoms with van der Waals surface area (Å²) in [5.41, 5.74) is 17.1. The molecule has 2 aromatic heterocycles. The molecule has 0 aliphatic rings. The molecule has 0 saturated heterocycles. The van der Waals surface area contributed by atoms with Crippen molar-refractivity contribution < 1.29 is 9.59 Å². The lowest BCUT2D eigenvalue weighted by molar-refractivity contribution is 0.0991. The van der Waals surface area contributed by atoms with E-state index in [1.807, 2.05) is 81.9 Å². The molecule has 6 rings (SSSR count). The van der Waals surface area contributed by atoms with Crippen LogP contribution in [0.4, 0.5) is 0 Å². The van der Waals surface area contributed by atoms with Crippen molar-refractivity contribution in [3.8, 4) is 0 Å². The van der Waals surface area contributed by atoms with Gasteiger partial charge in [0.15, 0.2) is 0 Å². The zero-order valence-electron chi connectivity index (χ0n) is 21.2. The van der Waals surface area contributed by atoms with E-state index < -0.39 is 11.8 Å². The van der Waals surface area contributed by atoms with Gasteiger partial charge in [-0.3, -0.25) is 9.59 Å². The van der Waals surface area contributed by atoms with Gasteiger partial charge in [0, 0.05) is 11.1 Å². The molecule has 40 heavy (non-hydrogen) atoms. The number of benzene rings is 4. The van der Waals surface area contributed by atoms with Crippen LogP contribution in [-0.4, -0.2) is 30.9 Å². The van der Waals surface area contributed by atoms with Crippen molar-refractivity contribution >= 4 is 57.1 Å². The molecule has 2 heterocycles. The molecule has 0 aliphatic heterocycles. The lowest BCUT2D eigenvalue weighted by Gasteiger charge is -2.07. The third-order valence-corrected chi connectivity index (χ3v) is 6.90. The van der Waals surface area contributed by atoms with E-state index in [1.165, 1.54) is 0 Å². The van der Waals surface area contributed by atoms with Gasteiger partial charge in [-0.2, -0.15) is 0 Å². The normalized spacial score (nSPS) is 10.8. The molecule has 4 N–H and O–H groups in total. The minimum absolute atomic E-state index is 0.427. The van der Waals surface area contributed by atoms with Crippen LogP contribution in [0.25, 0.3) is 22.1 Å². The number of nitrogens with two attached hydrogens (primary N) is 2. The van der Waals surface area contributed by atoms with Gasteiger partial charge >= 0.3 is 0 Å². The van der Waals surface area contributed by atoms with Crippen molar-refractivity contribution in [2.24, 2.45) is 11.5 Å². The average molecular weight is 571 g/mol. The zero-order chi connectivity index (χ0) is 28.2. The van der Waals surface area contributed by atoms with Crippen molar-refractivity contribution in [1.29, 1.82) is 0 Å². The summed E-state index contributed by atoms with van der Waals surface area (Å²) in [6.45, 7) is 1.08. The van der Waals surface area contributed by atoms with E-state index in [0.717, 1.165) is 33.2 Å². The molecule has 0 atom stereocenters. The summed E-state index contributed by atoms with van der Waals surface area (Å²) in [6, 6.07) is 29.9. The van der Waals surface area contributed by atoms with Crippen LogP contribution in [0.1, 0.15) is 31.8 Å². The second kappa shape index (κ2) is 11.6. The number of aromatic nitrogens is 4. The number of hydrogen-bond donors (Lipinski definition) is 2. The molecule has 0 fully saturated rings. The molecular formula is C30H24Cl2N6O2. The van der Waals surface area contributed by atoms with Gasteiger partial charge in [-0.25, -0.2) is 9.97 Å². The smallest absolute Gasteiger partial charge is 0.248 e. The Balaban J connectivity index is 0.000000161. The molecular weight excluding hydrogens is 547 g/mol. The Morgan fingerprint density at radius 1 is 0.600 bits per heavy atom. The van der Waals surface area contributed by atoms with Gasteiger partial charge in [0.1, 0.15) is 0 Å². The highest BCUT2D eigenvalue weighted by Crippen LogP contribution is 2.22. The van der Waals surface area contributed by atoms with E-state index in [1.54, 1.807) is 24.3 Å². The van der Waals surface area contributed by atoms with Crippen LogP contribution >= 0.6 is 23.2 Å². The monoisotopic (exact) mass is 570 g/mol. The lowest BCUT2D eigenvalue weighted by Crippen LogP contribution is -2.11. The van der Waals surface area contributed by atoms with Crippen molar-refractivity contribution in [2.75, 3.05) is 0 Å². The summed E-state index contributed by atoms with van der Waals surface area (Å²) in [5.74, 6) is -0.873. The third kappa shape index (κ3) is 5.83. The summed E-state index contributed by atoms with van der Waals surface area (Å²) in [6.07, 6.45) is 0. The van der Waals surface area contributed by atoms with Crippen LogP contribution in [0.2, 0.25) is 10.6 Å². The second-order valence-electron chi connectivity index (χ2n) is 9.04. The molecule has 6 aromatic rings. The minimum Gasteiger partial charge on any atom is -0.366 e. The van der Waals surface area contributed by atoms with Crippen LogP contribution in [0.3, 0.4) is 0 Å². The van der Waals surface area contributed by atoms with Gasteiger partial charge < -0.3 is 20.6 Å². The number of primary amides is 2. The number of hydrogen-bond acceptors (Lipinski definition) is 4. The molecule has 8 nitrogen and oxygen atoms in total. The largest absolute Gasteiger partial charge is 0.366 e. The van der Waals surface area contributed by atoms with Crippen LogP contribution < -0.4 is 11.5 Å². The number of carbonyl (C=O) groups is 2. The lowest BCUT2D eigenvalue weighted by atomic mass is 10.1. The molecule has 0 bridgehead atoms. The summed E-state index contributed by atoms with van der Waals surface area (Å²) in [7, 11) is 0. The van der Waals surface area contributed by atoms with Crippen molar-refractivity contribution in [1.82, 2.24) is 19.1 Å². The Hall–Kier alpha value is -4.66. The van der Waals surface area contributed by atoms with Crippen LogP contribution in [-0.2, 0) is 13.1 Å². The molecule has 10 heteroatoms. The SMILES string of the molecule is NC(=O)c1cccc(Cn2c(Cl)nc3ccccc32)c1.NC(=O)c1cccc(Cn2c(Cl)nc3ccccc32)c1. The van der Waals surface area contributed by atoms with Crippen molar-refractivity contribution in [3.05, 3.63) is 130 Å². The summed E-state index contributed by atoms with van der Waals surface area (Å²) in [4.78, 5) is 31.0. The highest BCUT2D eigenvalue weighted by Gasteiger charge is 2.11. The number of amides is 2. The Morgan fingerprint density at radius 3 is 1.40 bits per heavy atom. The number of fused-ring (bicyclic) bond motifs is 2. The van der Waals surface area contributed by atoms with Gasteiger partial charge in [0.05, 0.1) is 35.2 Å². The Kier molecular flexibility index (Phi) is 7.82. The predicted octanol–water partition coefficient (Wildman–Crippen LogP) is 5.67. The molecule has 4 aromatic carbocycles. The van der Waals surface area contributed by atoms with E-state index in [4.69, 9.17) is 34.7 Å². The highest BCUT2D eigenvalue weighted by molar-refractivity contribution is 6.29. The van der Waals surface area contributed by atoms with E-state index >= 15 is 0 Å². The topological polar surface area (TPSA) is 122 Å². The number of rotatable bonds is 6. The number of halogens is 2. The maximum atomic E-state index is 11.2. The molecule has 0 aliphatic carbocycles. The molecule has 2 amide bonds. The Bertz CT molecular complexity index is 1720. The number of nitrogens with zero attached hydrogens (tertiary/aromatic N) is 4. The number of imidazole rings is 2. The number of carbonyl (C=O) groups excluding carboxylic acids is 2. The van der Waals surface area contributed by atoms with Crippen LogP contribution in [0, 0.1) is 0 Å². The first-order valence-corrected chi connectivity index (χ1v) is 13.0.